The summed E-state index contributed by atoms with van der Waals surface area (Å²) in [6.07, 6.45) is 2.15. The molecule has 1 amide bonds. The number of halogens is 1. The molecule has 0 spiro atoms. The third-order valence-corrected chi connectivity index (χ3v) is 3.57. The quantitative estimate of drug-likeness (QED) is 0.646. The van der Waals surface area contributed by atoms with Crippen molar-refractivity contribution in [3.8, 4) is 0 Å². The number of hydrazine groups is 1. The Balaban J connectivity index is 1.66. The second-order valence-corrected chi connectivity index (χ2v) is 5.10. The van der Waals surface area contributed by atoms with Crippen LogP contribution in [0.2, 0.25) is 5.02 Å². The van der Waals surface area contributed by atoms with Crippen molar-refractivity contribution in [2.24, 2.45) is 0 Å². The monoisotopic (exact) mass is 299 g/mol. The lowest BCUT2D eigenvalue weighted by Gasteiger charge is -2.09. The first kappa shape index (κ1) is 13.5. The first-order chi connectivity index (χ1) is 10.2. The van der Waals surface area contributed by atoms with Gasteiger partial charge in [-0.2, -0.15) is 0 Å². The van der Waals surface area contributed by atoms with Gasteiger partial charge < -0.3 is 4.98 Å². The fourth-order valence-corrected chi connectivity index (χ4v) is 2.38. The van der Waals surface area contributed by atoms with Gasteiger partial charge in [0.15, 0.2) is 0 Å². The van der Waals surface area contributed by atoms with E-state index in [4.69, 9.17) is 11.6 Å². The van der Waals surface area contributed by atoms with Crippen LogP contribution in [0.25, 0.3) is 10.9 Å². The van der Waals surface area contributed by atoms with Gasteiger partial charge in [0.2, 0.25) is 5.91 Å². The van der Waals surface area contributed by atoms with Crippen LogP contribution in [0.5, 0.6) is 0 Å². The maximum absolute atomic E-state index is 12.0. The Labute approximate surface area is 127 Å². The lowest BCUT2D eigenvalue weighted by atomic mass is 10.1. The molecule has 5 heteroatoms. The number of carbonyl (C=O) groups excluding carboxylic acids is 1. The molecule has 0 unspecified atom stereocenters. The summed E-state index contributed by atoms with van der Waals surface area (Å²) >= 11 is 6.01. The Morgan fingerprint density at radius 1 is 1.10 bits per heavy atom. The second-order valence-electron chi connectivity index (χ2n) is 4.69. The molecule has 21 heavy (non-hydrogen) atoms. The molecule has 1 heterocycles. The van der Waals surface area contributed by atoms with Crippen LogP contribution >= 0.6 is 11.6 Å². The van der Waals surface area contributed by atoms with Gasteiger partial charge in [0.25, 0.3) is 0 Å². The zero-order valence-corrected chi connectivity index (χ0v) is 11.9. The Kier molecular flexibility index (Phi) is 3.79. The average Bonchev–Trinajstić information content (AvgIpc) is 2.90. The highest BCUT2D eigenvalue weighted by Crippen LogP contribution is 2.20. The van der Waals surface area contributed by atoms with E-state index in [1.165, 1.54) is 0 Å². The number of fused-ring (bicyclic) bond motifs is 1. The predicted molar refractivity (Wildman–Crippen MR) is 85.2 cm³/mol. The Bertz CT molecular complexity index is 782. The Hall–Kier alpha value is -2.46. The van der Waals surface area contributed by atoms with Gasteiger partial charge in [0.05, 0.1) is 17.1 Å². The topological polar surface area (TPSA) is 56.9 Å². The summed E-state index contributed by atoms with van der Waals surface area (Å²) in [6.45, 7) is 0. The average molecular weight is 300 g/mol. The van der Waals surface area contributed by atoms with Gasteiger partial charge in [0.1, 0.15) is 0 Å². The van der Waals surface area contributed by atoms with Gasteiger partial charge in [0, 0.05) is 17.1 Å². The molecule has 0 radical (unpaired) electrons. The van der Waals surface area contributed by atoms with Crippen molar-refractivity contribution >= 4 is 34.1 Å². The molecule has 0 atom stereocenters. The summed E-state index contributed by atoms with van der Waals surface area (Å²) in [6, 6.07) is 15.1. The zero-order chi connectivity index (χ0) is 14.7. The van der Waals surface area contributed by atoms with Crippen LogP contribution in [0.15, 0.2) is 54.7 Å². The Morgan fingerprint density at radius 2 is 1.86 bits per heavy atom. The maximum Gasteiger partial charge on any atom is 0.242 e. The van der Waals surface area contributed by atoms with Gasteiger partial charge in [-0.3, -0.25) is 15.6 Å². The van der Waals surface area contributed by atoms with E-state index in [2.05, 4.69) is 15.8 Å². The molecule has 4 nitrogen and oxygen atoms in total. The van der Waals surface area contributed by atoms with Crippen molar-refractivity contribution in [1.82, 2.24) is 10.4 Å². The molecule has 3 aromatic rings. The molecule has 0 saturated carbocycles. The van der Waals surface area contributed by atoms with Crippen LogP contribution in [0, 0.1) is 0 Å². The van der Waals surface area contributed by atoms with Crippen molar-refractivity contribution in [3.63, 3.8) is 0 Å². The van der Waals surface area contributed by atoms with E-state index >= 15 is 0 Å². The van der Waals surface area contributed by atoms with Gasteiger partial charge in [-0.15, -0.1) is 0 Å². The second kappa shape index (κ2) is 5.89. The number of benzene rings is 2. The predicted octanol–water partition coefficient (Wildman–Crippen LogP) is 3.51. The van der Waals surface area contributed by atoms with Crippen molar-refractivity contribution in [1.29, 1.82) is 0 Å². The minimum Gasteiger partial charge on any atom is -0.361 e. The molecule has 106 valence electrons. The molecular formula is C16H14ClN3O. The molecule has 0 aliphatic heterocycles. The number of H-pyrrole nitrogens is 1. The van der Waals surface area contributed by atoms with E-state index in [0.29, 0.717) is 17.1 Å². The highest BCUT2D eigenvalue weighted by molar-refractivity contribution is 6.33. The fraction of sp³-hybridized carbons (Fsp3) is 0.0625. The Morgan fingerprint density at radius 3 is 2.71 bits per heavy atom. The van der Waals surface area contributed by atoms with Crippen LogP contribution in [-0.4, -0.2) is 10.9 Å². The molecular weight excluding hydrogens is 286 g/mol. The molecule has 1 aromatic heterocycles. The van der Waals surface area contributed by atoms with Crippen LogP contribution in [0.4, 0.5) is 5.69 Å². The zero-order valence-electron chi connectivity index (χ0n) is 11.2. The summed E-state index contributed by atoms with van der Waals surface area (Å²) < 4.78 is 0. The number of carbonyl (C=O) groups is 1. The van der Waals surface area contributed by atoms with E-state index in [1.807, 2.05) is 42.6 Å². The van der Waals surface area contributed by atoms with Gasteiger partial charge in [-0.25, -0.2) is 0 Å². The molecule has 3 N–H and O–H groups in total. The van der Waals surface area contributed by atoms with Crippen molar-refractivity contribution in [2.75, 3.05) is 5.43 Å². The highest BCUT2D eigenvalue weighted by Gasteiger charge is 2.08. The van der Waals surface area contributed by atoms with Crippen LogP contribution in [-0.2, 0) is 11.2 Å². The molecule has 2 aromatic carbocycles. The fourth-order valence-electron chi connectivity index (χ4n) is 2.19. The lowest BCUT2D eigenvalue weighted by molar-refractivity contribution is -0.119. The largest absolute Gasteiger partial charge is 0.361 e. The van der Waals surface area contributed by atoms with Crippen molar-refractivity contribution in [2.45, 2.75) is 6.42 Å². The SMILES string of the molecule is O=C(Cc1c[nH]c2ccccc12)NNc1ccccc1Cl. The number of amides is 1. The van der Waals surface area contributed by atoms with Crippen LogP contribution in [0.3, 0.4) is 0 Å². The summed E-state index contributed by atoms with van der Waals surface area (Å²) in [5.74, 6) is -0.125. The summed E-state index contributed by atoms with van der Waals surface area (Å²) in [5, 5.41) is 1.62. The smallest absolute Gasteiger partial charge is 0.242 e. The van der Waals surface area contributed by atoms with Crippen LogP contribution < -0.4 is 10.9 Å². The minimum atomic E-state index is -0.125. The number of hydrogen-bond acceptors (Lipinski definition) is 2. The first-order valence-corrected chi connectivity index (χ1v) is 6.96. The number of hydrogen-bond donors (Lipinski definition) is 3. The van der Waals surface area contributed by atoms with E-state index in [9.17, 15) is 4.79 Å². The van der Waals surface area contributed by atoms with Crippen LogP contribution in [0.1, 0.15) is 5.56 Å². The summed E-state index contributed by atoms with van der Waals surface area (Å²) in [4.78, 5) is 15.2. The normalized spacial score (nSPS) is 10.5. The van der Waals surface area contributed by atoms with Gasteiger partial charge in [-0.05, 0) is 23.8 Å². The molecule has 0 fully saturated rings. The number of nitrogens with one attached hydrogen (secondary N) is 3. The van der Waals surface area contributed by atoms with E-state index < -0.39 is 0 Å². The number of aromatic amines is 1. The number of rotatable bonds is 4. The summed E-state index contributed by atoms with van der Waals surface area (Å²) in [7, 11) is 0. The standard InChI is InChI=1S/C16H14ClN3O/c17-13-6-2-4-8-15(13)19-20-16(21)9-11-10-18-14-7-3-1-5-12(11)14/h1-8,10,18-19H,9H2,(H,20,21). The van der Waals surface area contributed by atoms with E-state index in [1.54, 1.807) is 12.1 Å². The highest BCUT2D eigenvalue weighted by atomic mass is 35.5. The molecule has 0 aliphatic rings. The minimum absolute atomic E-state index is 0.125. The van der Waals surface area contributed by atoms with Gasteiger partial charge >= 0.3 is 0 Å². The summed E-state index contributed by atoms with van der Waals surface area (Å²) in [5.41, 5.74) is 8.15. The van der Waals surface area contributed by atoms with Crippen molar-refractivity contribution in [3.05, 3.63) is 65.3 Å². The number of anilines is 1. The molecule has 0 saturated heterocycles. The maximum atomic E-state index is 12.0. The third-order valence-electron chi connectivity index (χ3n) is 3.24. The first-order valence-electron chi connectivity index (χ1n) is 6.58. The molecule has 3 rings (SSSR count). The van der Waals surface area contributed by atoms with Gasteiger partial charge in [-0.1, -0.05) is 41.9 Å². The van der Waals surface area contributed by atoms with Crippen molar-refractivity contribution < 1.29 is 4.79 Å². The molecule has 0 bridgehead atoms. The number of para-hydroxylation sites is 2. The third kappa shape index (κ3) is 3.01. The van der Waals surface area contributed by atoms with E-state index in [0.717, 1.165) is 16.5 Å². The lowest BCUT2D eigenvalue weighted by Crippen LogP contribution is -2.30. The molecule has 0 aliphatic carbocycles. The van der Waals surface area contributed by atoms with E-state index in [-0.39, 0.29) is 5.91 Å². The number of aromatic nitrogens is 1.